The summed E-state index contributed by atoms with van der Waals surface area (Å²) in [6.45, 7) is 2.10. The molecule has 6 nitrogen and oxygen atoms in total. The number of hydrogen-bond acceptors (Lipinski definition) is 6. The number of fused-ring (bicyclic) bond motifs is 1. The van der Waals surface area contributed by atoms with Gasteiger partial charge < -0.3 is 14.6 Å². The van der Waals surface area contributed by atoms with Crippen LogP contribution in [0.5, 0.6) is 11.6 Å². The van der Waals surface area contributed by atoms with E-state index in [0.717, 1.165) is 33.3 Å². The highest BCUT2D eigenvalue weighted by Gasteiger charge is 2.13. The SMILES string of the molecule is COc1ncc(-c2cc(-c3ccc(OCCO)cc3)c3ncnc(C)c3c2)cc1F. The summed E-state index contributed by atoms with van der Waals surface area (Å²) in [7, 11) is 1.38. The van der Waals surface area contributed by atoms with Crippen molar-refractivity contribution in [1.82, 2.24) is 15.0 Å². The summed E-state index contributed by atoms with van der Waals surface area (Å²) in [4.78, 5) is 12.8. The van der Waals surface area contributed by atoms with Crippen LogP contribution in [-0.4, -0.2) is 40.4 Å². The number of benzene rings is 2. The van der Waals surface area contributed by atoms with Crippen molar-refractivity contribution in [3.05, 3.63) is 66.5 Å². The molecule has 0 fully saturated rings. The van der Waals surface area contributed by atoms with Crippen LogP contribution in [0, 0.1) is 12.7 Å². The molecular formula is C23H20FN3O3. The van der Waals surface area contributed by atoms with Gasteiger partial charge in [-0.15, -0.1) is 0 Å². The minimum absolute atomic E-state index is 0.0438. The van der Waals surface area contributed by atoms with Crippen molar-refractivity contribution in [2.24, 2.45) is 0 Å². The average molecular weight is 405 g/mol. The van der Waals surface area contributed by atoms with E-state index in [2.05, 4.69) is 15.0 Å². The fourth-order valence-electron chi connectivity index (χ4n) is 3.31. The lowest BCUT2D eigenvalue weighted by Gasteiger charge is -2.12. The molecular weight excluding hydrogens is 385 g/mol. The number of hydrogen-bond donors (Lipinski definition) is 1. The van der Waals surface area contributed by atoms with E-state index >= 15 is 0 Å². The number of halogens is 1. The lowest BCUT2D eigenvalue weighted by Crippen LogP contribution is -2.01. The summed E-state index contributed by atoms with van der Waals surface area (Å²) in [5, 5.41) is 9.79. The second-order valence-corrected chi connectivity index (χ2v) is 6.69. The van der Waals surface area contributed by atoms with Gasteiger partial charge in [-0.25, -0.2) is 19.3 Å². The maximum Gasteiger partial charge on any atom is 0.250 e. The van der Waals surface area contributed by atoms with Gasteiger partial charge in [0, 0.05) is 28.4 Å². The first-order chi connectivity index (χ1) is 14.6. The first-order valence-electron chi connectivity index (χ1n) is 9.40. The summed E-state index contributed by atoms with van der Waals surface area (Å²) < 4.78 is 24.6. The van der Waals surface area contributed by atoms with Crippen LogP contribution in [0.2, 0.25) is 0 Å². The Labute approximate surface area is 173 Å². The molecule has 1 N–H and O–H groups in total. The molecule has 2 heterocycles. The number of aromatic nitrogens is 3. The van der Waals surface area contributed by atoms with E-state index < -0.39 is 5.82 Å². The van der Waals surface area contributed by atoms with Gasteiger partial charge in [0.1, 0.15) is 18.7 Å². The molecule has 0 unspecified atom stereocenters. The molecule has 2 aromatic carbocycles. The Morgan fingerprint density at radius 1 is 0.967 bits per heavy atom. The lowest BCUT2D eigenvalue weighted by atomic mass is 9.95. The summed E-state index contributed by atoms with van der Waals surface area (Å²) in [6.07, 6.45) is 3.12. The first kappa shape index (κ1) is 19.7. The second kappa shape index (κ2) is 8.42. The van der Waals surface area contributed by atoms with Crippen LogP contribution in [0.15, 0.2) is 55.0 Å². The highest BCUT2D eigenvalue weighted by molar-refractivity contribution is 5.98. The molecule has 0 spiro atoms. The van der Waals surface area contributed by atoms with E-state index in [9.17, 15) is 4.39 Å². The topological polar surface area (TPSA) is 77.4 Å². The van der Waals surface area contributed by atoms with E-state index in [1.165, 1.54) is 19.5 Å². The van der Waals surface area contributed by atoms with E-state index in [1.807, 2.05) is 43.3 Å². The molecule has 0 amide bonds. The smallest absolute Gasteiger partial charge is 0.250 e. The van der Waals surface area contributed by atoms with Gasteiger partial charge in [0.25, 0.3) is 0 Å². The molecule has 0 bridgehead atoms. The Hall–Kier alpha value is -3.58. The Morgan fingerprint density at radius 2 is 1.77 bits per heavy atom. The molecule has 2 aromatic heterocycles. The van der Waals surface area contributed by atoms with Gasteiger partial charge in [-0.3, -0.25) is 0 Å². The monoisotopic (exact) mass is 405 g/mol. The maximum absolute atomic E-state index is 14.3. The summed E-state index contributed by atoms with van der Waals surface area (Å²) >= 11 is 0. The van der Waals surface area contributed by atoms with Crippen LogP contribution in [0.25, 0.3) is 33.2 Å². The quantitative estimate of drug-likeness (QED) is 0.518. The predicted molar refractivity (Wildman–Crippen MR) is 112 cm³/mol. The van der Waals surface area contributed by atoms with Gasteiger partial charge in [-0.1, -0.05) is 12.1 Å². The van der Waals surface area contributed by atoms with Crippen LogP contribution in [0.4, 0.5) is 4.39 Å². The summed E-state index contributed by atoms with van der Waals surface area (Å²) in [5.74, 6) is 0.0984. The Balaban J connectivity index is 1.86. The van der Waals surface area contributed by atoms with Gasteiger partial charge in [0.05, 0.1) is 19.2 Å². The number of ether oxygens (including phenoxy) is 2. The number of aliphatic hydroxyl groups is 1. The number of rotatable bonds is 6. The first-order valence-corrected chi connectivity index (χ1v) is 9.40. The van der Waals surface area contributed by atoms with Crippen molar-refractivity contribution in [3.63, 3.8) is 0 Å². The Morgan fingerprint density at radius 3 is 2.47 bits per heavy atom. The number of nitrogens with zero attached hydrogens (tertiary/aromatic N) is 3. The van der Waals surface area contributed by atoms with E-state index in [1.54, 1.807) is 6.20 Å². The number of aryl methyl sites for hydroxylation is 1. The Bertz CT molecular complexity index is 1200. The van der Waals surface area contributed by atoms with Crippen molar-refractivity contribution in [2.45, 2.75) is 6.92 Å². The molecule has 0 atom stereocenters. The minimum Gasteiger partial charge on any atom is -0.491 e. The van der Waals surface area contributed by atoms with Crippen molar-refractivity contribution in [2.75, 3.05) is 20.3 Å². The van der Waals surface area contributed by atoms with Crippen LogP contribution in [0.3, 0.4) is 0 Å². The molecule has 0 aliphatic heterocycles. The van der Waals surface area contributed by atoms with E-state index in [4.69, 9.17) is 14.6 Å². The van der Waals surface area contributed by atoms with Crippen LogP contribution < -0.4 is 9.47 Å². The molecule has 7 heteroatoms. The minimum atomic E-state index is -0.525. The third-order valence-electron chi connectivity index (χ3n) is 4.80. The number of methoxy groups -OCH3 is 1. The molecule has 0 aliphatic rings. The lowest BCUT2D eigenvalue weighted by molar-refractivity contribution is 0.201. The van der Waals surface area contributed by atoms with Gasteiger partial charge in [-0.2, -0.15) is 0 Å². The predicted octanol–water partition coefficient (Wildman–Crippen LogP) is 4.19. The third kappa shape index (κ3) is 3.79. The van der Waals surface area contributed by atoms with Gasteiger partial charge in [0.15, 0.2) is 5.82 Å². The van der Waals surface area contributed by atoms with Crippen LogP contribution in [0.1, 0.15) is 5.69 Å². The normalized spacial score (nSPS) is 10.9. The fourth-order valence-corrected chi connectivity index (χ4v) is 3.31. The highest BCUT2D eigenvalue weighted by Crippen LogP contribution is 2.35. The average Bonchev–Trinajstić information content (AvgIpc) is 2.78. The summed E-state index contributed by atoms with van der Waals surface area (Å²) in [5.41, 5.74) is 4.87. The van der Waals surface area contributed by atoms with Gasteiger partial charge >= 0.3 is 0 Å². The third-order valence-corrected chi connectivity index (χ3v) is 4.80. The zero-order valence-corrected chi connectivity index (χ0v) is 16.6. The van der Waals surface area contributed by atoms with Crippen LogP contribution in [-0.2, 0) is 0 Å². The Kier molecular flexibility index (Phi) is 5.54. The molecule has 0 saturated heterocycles. The molecule has 0 aliphatic carbocycles. The standard InChI is InChI=1S/C23H20FN3O3/c1-14-19-9-16(17-11-21(24)23(29-2)25-12-17)10-20(22(19)27-13-26-14)15-3-5-18(6-4-15)30-8-7-28/h3-6,9-13,28H,7-8H2,1-2H3. The zero-order chi connectivity index (χ0) is 21.1. The van der Waals surface area contributed by atoms with E-state index in [-0.39, 0.29) is 19.1 Å². The van der Waals surface area contributed by atoms with Crippen molar-refractivity contribution in [3.8, 4) is 33.9 Å². The van der Waals surface area contributed by atoms with Crippen molar-refractivity contribution in [1.29, 1.82) is 0 Å². The molecule has 0 saturated carbocycles. The highest BCUT2D eigenvalue weighted by atomic mass is 19.1. The van der Waals surface area contributed by atoms with Crippen molar-refractivity contribution < 1.29 is 19.0 Å². The second-order valence-electron chi connectivity index (χ2n) is 6.69. The molecule has 4 aromatic rings. The summed E-state index contributed by atoms with van der Waals surface area (Å²) in [6, 6.07) is 12.8. The zero-order valence-electron chi connectivity index (χ0n) is 16.6. The number of pyridine rings is 1. The number of aliphatic hydroxyl groups excluding tert-OH is 1. The fraction of sp³-hybridized carbons (Fsp3) is 0.174. The van der Waals surface area contributed by atoms with E-state index in [0.29, 0.717) is 11.3 Å². The molecule has 0 radical (unpaired) electrons. The van der Waals surface area contributed by atoms with Crippen LogP contribution >= 0.6 is 0 Å². The van der Waals surface area contributed by atoms with Crippen molar-refractivity contribution >= 4 is 10.9 Å². The molecule has 152 valence electrons. The maximum atomic E-state index is 14.3. The van der Waals surface area contributed by atoms with Gasteiger partial charge in [0.2, 0.25) is 5.88 Å². The largest absolute Gasteiger partial charge is 0.491 e. The van der Waals surface area contributed by atoms with Gasteiger partial charge in [-0.05, 0) is 48.4 Å². The molecule has 4 rings (SSSR count). The molecule has 30 heavy (non-hydrogen) atoms.